The summed E-state index contributed by atoms with van der Waals surface area (Å²) in [7, 11) is 2.07. The zero-order valence-corrected chi connectivity index (χ0v) is 9.53. The smallest absolute Gasteiger partial charge is 0.216 e. The first-order valence-electron chi connectivity index (χ1n) is 5.49. The maximum Gasteiger partial charge on any atom is 0.216 e. The van der Waals surface area contributed by atoms with Crippen molar-refractivity contribution in [3.8, 4) is 0 Å². The van der Waals surface area contributed by atoms with E-state index in [2.05, 4.69) is 47.9 Å². The number of aromatic nitrogens is 1. The Labute approximate surface area is 94.4 Å². The summed E-state index contributed by atoms with van der Waals surface area (Å²) in [5, 5.41) is 1.28. The Morgan fingerprint density at radius 1 is 1.38 bits per heavy atom. The third-order valence-electron chi connectivity index (χ3n) is 3.02. The van der Waals surface area contributed by atoms with Gasteiger partial charge in [-0.2, -0.15) is 0 Å². The Balaban J connectivity index is 2.18. The van der Waals surface area contributed by atoms with Gasteiger partial charge in [-0.15, -0.1) is 0 Å². The molecule has 0 saturated carbocycles. The Morgan fingerprint density at radius 3 is 3.00 bits per heavy atom. The van der Waals surface area contributed by atoms with Gasteiger partial charge in [0.25, 0.3) is 0 Å². The summed E-state index contributed by atoms with van der Waals surface area (Å²) in [6.07, 6.45) is 2.14. The molecule has 0 bridgehead atoms. The van der Waals surface area contributed by atoms with Gasteiger partial charge in [-0.05, 0) is 30.7 Å². The van der Waals surface area contributed by atoms with E-state index in [1.165, 1.54) is 16.5 Å². The van der Waals surface area contributed by atoms with Crippen LogP contribution in [0, 0.1) is 6.92 Å². The lowest BCUT2D eigenvalue weighted by atomic mass is 10.1. The highest BCUT2D eigenvalue weighted by atomic mass is 16.5. The van der Waals surface area contributed by atoms with Crippen LogP contribution in [0.1, 0.15) is 11.1 Å². The minimum atomic E-state index is 0.709. The van der Waals surface area contributed by atoms with E-state index < -0.39 is 0 Å². The second kappa shape index (κ2) is 3.37. The number of aliphatic imine (C=N–C) groups is 1. The summed E-state index contributed by atoms with van der Waals surface area (Å²) in [5.74, 6) is 0.783. The van der Waals surface area contributed by atoms with E-state index >= 15 is 0 Å². The number of aryl methyl sites for hydroxylation is 2. The fourth-order valence-electron chi connectivity index (χ4n) is 2.23. The van der Waals surface area contributed by atoms with Crippen molar-refractivity contribution in [1.82, 2.24) is 4.57 Å². The van der Waals surface area contributed by atoms with E-state index in [0.29, 0.717) is 6.61 Å². The highest BCUT2D eigenvalue weighted by molar-refractivity contribution is 5.99. The van der Waals surface area contributed by atoms with Gasteiger partial charge in [0.15, 0.2) is 0 Å². The second-order valence-corrected chi connectivity index (χ2v) is 4.19. The van der Waals surface area contributed by atoms with Crippen LogP contribution in [0.15, 0.2) is 29.4 Å². The van der Waals surface area contributed by atoms with Crippen LogP contribution in [0.3, 0.4) is 0 Å². The molecule has 0 spiro atoms. The fraction of sp³-hybridized carbons (Fsp3) is 0.308. The van der Waals surface area contributed by atoms with Crippen molar-refractivity contribution >= 4 is 16.8 Å². The number of fused-ring (bicyclic) bond motifs is 1. The van der Waals surface area contributed by atoms with Crippen LogP contribution < -0.4 is 0 Å². The molecule has 1 aromatic heterocycles. The van der Waals surface area contributed by atoms with E-state index in [1.807, 2.05) is 0 Å². The molecule has 16 heavy (non-hydrogen) atoms. The molecule has 0 unspecified atom stereocenters. The predicted molar refractivity (Wildman–Crippen MR) is 65.0 cm³/mol. The predicted octanol–water partition coefficient (Wildman–Crippen LogP) is 2.26. The number of nitrogens with zero attached hydrogens (tertiary/aromatic N) is 2. The number of ether oxygens (including phenoxy) is 1. The van der Waals surface area contributed by atoms with Crippen LogP contribution in [0.2, 0.25) is 0 Å². The monoisotopic (exact) mass is 214 g/mol. The number of hydrogen-bond donors (Lipinski definition) is 0. The standard InChI is InChI=1S/C13H14N2O/c1-9-8-15(2)12-4-3-10(7-11(9)12)13-14-5-6-16-13/h3-4,7-8H,5-6H2,1-2H3. The van der Waals surface area contributed by atoms with E-state index in [-0.39, 0.29) is 0 Å². The zero-order chi connectivity index (χ0) is 11.1. The number of benzene rings is 1. The average molecular weight is 214 g/mol. The van der Waals surface area contributed by atoms with Crippen molar-refractivity contribution in [3.63, 3.8) is 0 Å². The maximum atomic E-state index is 5.48. The van der Waals surface area contributed by atoms with Gasteiger partial charge in [0, 0.05) is 29.7 Å². The van der Waals surface area contributed by atoms with Crippen LogP contribution in [0.25, 0.3) is 10.9 Å². The second-order valence-electron chi connectivity index (χ2n) is 4.19. The van der Waals surface area contributed by atoms with Crippen molar-refractivity contribution in [2.75, 3.05) is 13.2 Å². The lowest BCUT2D eigenvalue weighted by molar-refractivity contribution is 0.348. The van der Waals surface area contributed by atoms with Crippen LogP contribution in [-0.4, -0.2) is 23.6 Å². The van der Waals surface area contributed by atoms with Crippen LogP contribution in [0.5, 0.6) is 0 Å². The molecule has 0 fully saturated rings. The molecule has 2 aromatic rings. The maximum absolute atomic E-state index is 5.48. The van der Waals surface area contributed by atoms with E-state index in [0.717, 1.165) is 18.0 Å². The molecule has 2 heterocycles. The molecule has 3 rings (SSSR count). The normalized spacial score (nSPS) is 15.2. The molecule has 0 aliphatic carbocycles. The Bertz CT molecular complexity index is 581. The van der Waals surface area contributed by atoms with E-state index in [9.17, 15) is 0 Å². The molecule has 3 heteroatoms. The van der Waals surface area contributed by atoms with Crippen molar-refractivity contribution in [3.05, 3.63) is 35.5 Å². The van der Waals surface area contributed by atoms with Gasteiger partial charge in [0.2, 0.25) is 5.90 Å². The summed E-state index contributed by atoms with van der Waals surface area (Å²) in [4.78, 5) is 4.34. The van der Waals surface area contributed by atoms with Gasteiger partial charge in [-0.25, -0.2) is 4.99 Å². The number of hydrogen-bond acceptors (Lipinski definition) is 2. The SMILES string of the molecule is Cc1cn(C)c2ccc(C3=NCCO3)cc12. The van der Waals surface area contributed by atoms with Crippen molar-refractivity contribution in [1.29, 1.82) is 0 Å². The molecule has 3 nitrogen and oxygen atoms in total. The molecule has 0 radical (unpaired) electrons. The van der Waals surface area contributed by atoms with Gasteiger partial charge >= 0.3 is 0 Å². The zero-order valence-electron chi connectivity index (χ0n) is 9.53. The third-order valence-corrected chi connectivity index (χ3v) is 3.02. The Morgan fingerprint density at radius 2 is 2.25 bits per heavy atom. The van der Waals surface area contributed by atoms with Crippen molar-refractivity contribution in [2.45, 2.75) is 6.92 Å². The molecule has 0 atom stereocenters. The van der Waals surface area contributed by atoms with Gasteiger partial charge in [0.1, 0.15) is 6.61 Å². The lowest BCUT2D eigenvalue weighted by Crippen LogP contribution is -2.00. The fourth-order valence-corrected chi connectivity index (χ4v) is 2.23. The quantitative estimate of drug-likeness (QED) is 0.715. The van der Waals surface area contributed by atoms with Gasteiger partial charge in [-0.3, -0.25) is 0 Å². The lowest BCUT2D eigenvalue weighted by Gasteiger charge is -2.02. The highest BCUT2D eigenvalue weighted by Gasteiger charge is 2.12. The van der Waals surface area contributed by atoms with Crippen LogP contribution >= 0.6 is 0 Å². The van der Waals surface area contributed by atoms with Gasteiger partial charge in [-0.1, -0.05) is 0 Å². The topological polar surface area (TPSA) is 26.5 Å². The molecule has 1 aromatic carbocycles. The first-order valence-corrected chi connectivity index (χ1v) is 5.49. The molecular formula is C13H14N2O. The van der Waals surface area contributed by atoms with Crippen molar-refractivity contribution < 1.29 is 4.74 Å². The first-order chi connectivity index (χ1) is 7.75. The Hall–Kier alpha value is -1.77. The molecule has 0 N–H and O–H groups in total. The van der Waals surface area contributed by atoms with E-state index in [1.54, 1.807) is 0 Å². The van der Waals surface area contributed by atoms with Gasteiger partial charge < -0.3 is 9.30 Å². The molecule has 82 valence electrons. The van der Waals surface area contributed by atoms with Gasteiger partial charge in [0.05, 0.1) is 6.54 Å². The first kappa shape index (κ1) is 9.46. The van der Waals surface area contributed by atoms with E-state index in [4.69, 9.17) is 4.74 Å². The Kier molecular flexibility index (Phi) is 1.99. The number of rotatable bonds is 1. The molecular weight excluding hydrogens is 200 g/mol. The summed E-state index contributed by atoms with van der Waals surface area (Å²) >= 11 is 0. The molecule has 1 aliphatic heterocycles. The molecule has 0 saturated heterocycles. The summed E-state index contributed by atoms with van der Waals surface area (Å²) in [5.41, 5.74) is 3.62. The average Bonchev–Trinajstić information content (AvgIpc) is 2.88. The minimum absolute atomic E-state index is 0.709. The molecule has 0 amide bonds. The summed E-state index contributed by atoms with van der Waals surface area (Å²) < 4.78 is 7.62. The summed E-state index contributed by atoms with van der Waals surface area (Å²) in [6, 6.07) is 6.36. The largest absolute Gasteiger partial charge is 0.476 e. The third kappa shape index (κ3) is 1.32. The van der Waals surface area contributed by atoms with Crippen LogP contribution in [-0.2, 0) is 11.8 Å². The van der Waals surface area contributed by atoms with Crippen LogP contribution in [0.4, 0.5) is 0 Å². The summed E-state index contributed by atoms with van der Waals surface area (Å²) in [6.45, 7) is 3.62. The highest BCUT2D eigenvalue weighted by Crippen LogP contribution is 2.22. The minimum Gasteiger partial charge on any atom is -0.476 e. The van der Waals surface area contributed by atoms with Crippen molar-refractivity contribution in [2.24, 2.45) is 12.0 Å². The molecule has 1 aliphatic rings.